The third-order valence-corrected chi connectivity index (χ3v) is 2.99. The van der Waals surface area contributed by atoms with Crippen LogP contribution in [0.25, 0.3) is 0 Å². The fourth-order valence-electron chi connectivity index (χ4n) is 2.01. The molecule has 0 aliphatic rings. The predicted octanol–water partition coefficient (Wildman–Crippen LogP) is 3.13. The van der Waals surface area contributed by atoms with Gasteiger partial charge in [0.15, 0.2) is 5.78 Å². The number of hydrogen-bond donors (Lipinski definition) is 1. The Morgan fingerprint density at radius 1 is 1.21 bits per heavy atom. The van der Waals surface area contributed by atoms with E-state index < -0.39 is 0 Å². The van der Waals surface area contributed by atoms with E-state index in [9.17, 15) is 9.90 Å². The molecule has 0 aliphatic carbocycles. The van der Waals surface area contributed by atoms with E-state index in [0.717, 1.165) is 16.9 Å². The van der Waals surface area contributed by atoms with Gasteiger partial charge in [-0.1, -0.05) is 12.1 Å². The van der Waals surface area contributed by atoms with E-state index in [4.69, 9.17) is 4.74 Å². The Labute approximate surface area is 112 Å². The molecule has 19 heavy (non-hydrogen) atoms. The van der Waals surface area contributed by atoms with E-state index in [1.54, 1.807) is 37.4 Å². The van der Waals surface area contributed by atoms with Crippen LogP contribution in [0.5, 0.6) is 11.5 Å². The number of hydrogen-bond acceptors (Lipinski definition) is 3. The Morgan fingerprint density at radius 3 is 2.63 bits per heavy atom. The summed E-state index contributed by atoms with van der Waals surface area (Å²) in [6.07, 6.45) is 0.278. The minimum atomic E-state index is 0.0244. The number of carbonyl (C=O) groups excluding carboxylic acids is 1. The summed E-state index contributed by atoms with van der Waals surface area (Å²) in [5.74, 6) is 0.974. The molecule has 0 fully saturated rings. The maximum atomic E-state index is 12.2. The quantitative estimate of drug-likeness (QED) is 0.855. The van der Waals surface area contributed by atoms with E-state index in [2.05, 4.69) is 0 Å². The first-order chi connectivity index (χ1) is 9.10. The molecule has 0 heterocycles. The lowest BCUT2D eigenvalue weighted by Crippen LogP contribution is -2.04. The van der Waals surface area contributed by atoms with E-state index >= 15 is 0 Å². The van der Waals surface area contributed by atoms with Crippen LogP contribution in [0, 0.1) is 6.92 Å². The van der Waals surface area contributed by atoms with Crippen molar-refractivity contribution < 1.29 is 14.6 Å². The number of methoxy groups -OCH3 is 1. The highest BCUT2D eigenvalue weighted by molar-refractivity contribution is 5.97. The second kappa shape index (κ2) is 5.57. The molecule has 0 bridgehead atoms. The van der Waals surface area contributed by atoms with Gasteiger partial charge in [-0.15, -0.1) is 0 Å². The van der Waals surface area contributed by atoms with Gasteiger partial charge in [-0.3, -0.25) is 4.79 Å². The van der Waals surface area contributed by atoms with Crippen LogP contribution in [0.4, 0.5) is 0 Å². The third-order valence-electron chi connectivity index (χ3n) is 2.99. The van der Waals surface area contributed by atoms with Crippen LogP contribution >= 0.6 is 0 Å². The average molecular weight is 256 g/mol. The van der Waals surface area contributed by atoms with E-state index in [1.165, 1.54) is 0 Å². The summed E-state index contributed by atoms with van der Waals surface area (Å²) >= 11 is 0. The standard InChI is InChI=1S/C16H16O3/c1-11-8-13(6-7-16(11)19-2)15(18)10-12-4-3-5-14(17)9-12/h3-9,17H,10H2,1-2H3. The highest BCUT2D eigenvalue weighted by Crippen LogP contribution is 2.20. The topological polar surface area (TPSA) is 46.5 Å². The molecule has 0 saturated heterocycles. The lowest BCUT2D eigenvalue weighted by Gasteiger charge is -2.07. The van der Waals surface area contributed by atoms with Gasteiger partial charge in [-0.05, 0) is 48.4 Å². The van der Waals surface area contributed by atoms with Crippen LogP contribution in [-0.4, -0.2) is 18.0 Å². The Morgan fingerprint density at radius 2 is 2.00 bits per heavy atom. The van der Waals surface area contributed by atoms with Crippen LogP contribution in [0.1, 0.15) is 21.5 Å². The molecular weight excluding hydrogens is 240 g/mol. The number of phenols is 1. The second-order valence-corrected chi connectivity index (χ2v) is 4.45. The van der Waals surface area contributed by atoms with Crippen molar-refractivity contribution in [2.45, 2.75) is 13.3 Å². The molecule has 0 aromatic heterocycles. The SMILES string of the molecule is COc1ccc(C(=O)Cc2cccc(O)c2)cc1C. The van der Waals surface area contributed by atoms with E-state index in [0.29, 0.717) is 5.56 Å². The zero-order valence-electron chi connectivity index (χ0n) is 11.0. The highest BCUT2D eigenvalue weighted by atomic mass is 16.5. The molecule has 0 unspecified atom stereocenters. The first-order valence-corrected chi connectivity index (χ1v) is 6.06. The molecule has 3 heteroatoms. The first-order valence-electron chi connectivity index (χ1n) is 6.06. The number of phenolic OH excluding ortho intramolecular Hbond substituents is 1. The Bertz CT molecular complexity index is 603. The number of ketones is 1. The molecule has 0 saturated carbocycles. The van der Waals surface area contributed by atoms with Crippen molar-refractivity contribution in [2.24, 2.45) is 0 Å². The Kier molecular flexibility index (Phi) is 3.85. The monoisotopic (exact) mass is 256 g/mol. The van der Waals surface area contributed by atoms with Crippen molar-refractivity contribution in [3.63, 3.8) is 0 Å². The van der Waals surface area contributed by atoms with E-state index in [1.807, 2.05) is 19.1 Å². The summed E-state index contributed by atoms with van der Waals surface area (Å²) in [5.41, 5.74) is 2.39. The van der Waals surface area contributed by atoms with Gasteiger partial charge in [0.25, 0.3) is 0 Å². The second-order valence-electron chi connectivity index (χ2n) is 4.45. The molecule has 1 N–H and O–H groups in total. The predicted molar refractivity (Wildman–Crippen MR) is 73.9 cm³/mol. The molecule has 2 rings (SSSR count). The summed E-state index contributed by atoms with van der Waals surface area (Å²) < 4.78 is 5.17. The zero-order chi connectivity index (χ0) is 13.8. The maximum absolute atomic E-state index is 12.2. The molecule has 98 valence electrons. The summed E-state index contributed by atoms with van der Waals surface area (Å²) in [4.78, 5) is 12.2. The fraction of sp³-hybridized carbons (Fsp3) is 0.188. The zero-order valence-corrected chi connectivity index (χ0v) is 11.0. The van der Waals surface area contributed by atoms with Crippen molar-refractivity contribution >= 4 is 5.78 Å². The molecule has 2 aromatic carbocycles. The molecule has 0 aliphatic heterocycles. The van der Waals surface area contributed by atoms with Gasteiger partial charge in [0, 0.05) is 12.0 Å². The van der Waals surface area contributed by atoms with Crippen LogP contribution in [0.15, 0.2) is 42.5 Å². The van der Waals surface area contributed by atoms with Crippen molar-refractivity contribution in [2.75, 3.05) is 7.11 Å². The van der Waals surface area contributed by atoms with Crippen LogP contribution < -0.4 is 4.74 Å². The highest BCUT2D eigenvalue weighted by Gasteiger charge is 2.09. The van der Waals surface area contributed by atoms with Gasteiger partial charge in [0.05, 0.1) is 7.11 Å². The maximum Gasteiger partial charge on any atom is 0.167 e. The van der Waals surface area contributed by atoms with Gasteiger partial charge >= 0.3 is 0 Å². The van der Waals surface area contributed by atoms with Crippen molar-refractivity contribution in [1.82, 2.24) is 0 Å². The number of Topliss-reactive ketones (excluding diaryl/α,β-unsaturated/α-hetero) is 1. The average Bonchev–Trinajstić information content (AvgIpc) is 2.38. The van der Waals surface area contributed by atoms with Gasteiger partial charge in [-0.2, -0.15) is 0 Å². The molecule has 0 spiro atoms. The number of rotatable bonds is 4. The van der Waals surface area contributed by atoms with Gasteiger partial charge in [0.1, 0.15) is 11.5 Å². The van der Waals surface area contributed by atoms with Crippen LogP contribution in [-0.2, 0) is 6.42 Å². The van der Waals surface area contributed by atoms with Crippen LogP contribution in [0.2, 0.25) is 0 Å². The summed E-state index contributed by atoms with van der Waals surface area (Å²) in [6.45, 7) is 1.91. The molecule has 0 amide bonds. The molecule has 0 atom stereocenters. The van der Waals surface area contributed by atoms with E-state index in [-0.39, 0.29) is 18.0 Å². The Balaban J connectivity index is 2.18. The summed E-state index contributed by atoms with van der Waals surface area (Å²) in [5, 5.41) is 9.38. The van der Waals surface area contributed by atoms with Gasteiger partial charge < -0.3 is 9.84 Å². The van der Waals surface area contributed by atoms with Crippen LogP contribution in [0.3, 0.4) is 0 Å². The molecule has 0 radical (unpaired) electrons. The van der Waals surface area contributed by atoms with Crippen molar-refractivity contribution in [1.29, 1.82) is 0 Å². The smallest absolute Gasteiger partial charge is 0.167 e. The minimum absolute atomic E-state index is 0.0244. The van der Waals surface area contributed by atoms with Crippen molar-refractivity contribution in [3.05, 3.63) is 59.2 Å². The fourth-order valence-corrected chi connectivity index (χ4v) is 2.01. The minimum Gasteiger partial charge on any atom is -0.508 e. The molecule has 3 nitrogen and oxygen atoms in total. The number of ether oxygens (including phenoxy) is 1. The Hall–Kier alpha value is -2.29. The van der Waals surface area contributed by atoms with Gasteiger partial charge in [-0.25, -0.2) is 0 Å². The molecule has 2 aromatic rings. The molecular formula is C16H16O3. The largest absolute Gasteiger partial charge is 0.508 e. The van der Waals surface area contributed by atoms with Crippen molar-refractivity contribution in [3.8, 4) is 11.5 Å². The number of benzene rings is 2. The first kappa shape index (κ1) is 13.1. The lowest BCUT2D eigenvalue weighted by atomic mass is 10.0. The summed E-state index contributed by atoms with van der Waals surface area (Å²) in [6, 6.07) is 12.1. The number of carbonyl (C=O) groups is 1. The lowest BCUT2D eigenvalue weighted by molar-refractivity contribution is 0.0993. The normalized spacial score (nSPS) is 10.2. The number of aromatic hydroxyl groups is 1. The third kappa shape index (κ3) is 3.13. The summed E-state index contributed by atoms with van der Waals surface area (Å²) in [7, 11) is 1.61. The number of aryl methyl sites for hydroxylation is 1. The van der Waals surface area contributed by atoms with Gasteiger partial charge in [0.2, 0.25) is 0 Å².